The summed E-state index contributed by atoms with van der Waals surface area (Å²) in [5.74, 6) is 0. The Morgan fingerprint density at radius 2 is 1.79 bits per heavy atom. The van der Waals surface area contributed by atoms with Crippen LogP contribution in [0.1, 0.15) is 49.3 Å². The van der Waals surface area contributed by atoms with Crippen molar-refractivity contribution in [1.29, 1.82) is 0 Å². The smallest absolute Gasteiger partial charge is 0.0630 e. The largest absolute Gasteiger partial charge is 0.372 e. The summed E-state index contributed by atoms with van der Waals surface area (Å²) in [6.45, 7) is 6.79. The van der Waals surface area contributed by atoms with Gasteiger partial charge in [0.1, 0.15) is 0 Å². The number of unbranched alkanes of at least 4 members (excludes halogenated alkanes) is 1. The maximum atomic E-state index is 4.65. The molecule has 0 aliphatic carbocycles. The van der Waals surface area contributed by atoms with Crippen LogP contribution in [-0.2, 0) is 6.42 Å². The van der Waals surface area contributed by atoms with E-state index in [-0.39, 0.29) is 0 Å². The fraction of sp³-hybridized carbons (Fsp3) is 0.409. The number of benzene rings is 2. The molecule has 0 aromatic heterocycles. The molecule has 1 aliphatic rings. The Labute approximate surface area is 146 Å². The molecule has 2 aromatic carbocycles. The number of anilines is 1. The number of aryl methyl sites for hydroxylation is 2. The van der Waals surface area contributed by atoms with E-state index in [1.165, 1.54) is 61.2 Å². The molecule has 0 amide bonds. The van der Waals surface area contributed by atoms with Crippen molar-refractivity contribution in [2.45, 2.75) is 46.0 Å². The first-order valence-electron chi connectivity index (χ1n) is 9.25. The first-order valence-corrected chi connectivity index (χ1v) is 9.25. The van der Waals surface area contributed by atoms with E-state index in [1.54, 1.807) is 0 Å². The van der Waals surface area contributed by atoms with Crippen LogP contribution in [-0.4, -0.2) is 19.3 Å². The summed E-state index contributed by atoms with van der Waals surface area (Å²) in [4.78, 5) is 7.12. The van der Waals surface area contributed by atoms with Gasteiger partial charge in [-0.2, -0.15) is 0 Å². The number of rotatable bonds is 6. The van der Waals surface area contributed by atoms with E-state index in [0.717, 1.165) is 12.1 Å². The van der Waals surface area contributed by atoms with Crippen LogP contribution in [0.5, 0.6) is 0 Å². The van der Waals surface area contributed by atoms with E-state index < -0.39 is 0 Å². The highest BCUT2D eigenvalue weighted by atomic mass is 15.1. The Morgan fingerprint density at radius 1 is 1.04 bits per heavy atom. The fourth-order valence-electron chi connectivity index (χ4n) is 3.25. The molecule has 2 aromatic rings. The Kier molecular flexibility index (Phi) is 5.68. The molecular formula is C22H28N2. The van der Waals surface area contributed by atoms with Gasteiger partial charge in [0.25, 0.3) is 0 Å². The number of hydrogen-bond acceptors (Lipinski definition) is 2. The van der Waals surface area contributed by atoms with Crippen LogP contribution in [0.15, 0.2) is 47.5 Å². The van der Waals surface area contributed by atoms with Crippen molar-refractivity contribution >= 4 is 17.6 Å². The molecule has 126 valence electrons. The first kappa shape index (κ1) is 16.8. The van der Waals surface area contributed by atoms with Crippen LogP contribution >= 0.6 is 0 Å². The van der Waals surface area contributed by atoms with Crippen molar-refractivity contribution in [2.24, 2.45) is 4.99 Å². The highest BCUT2D eigenvalue weighted by Gasteiger charge is 2.12. The van der Waals surface area contributed by atoms with E-state index in [2.05, 4.69) is 66.2 Å². The van der Waals surface area contributed by atoms with E-state index in [4.69, 9.17) is 0 Å². The van der Waals surface area contributed by atoms with Gasteiger partial charge in [0.15, 0.2) is 0 Å². The van der Waals surface area contributed by atoms with Crippen molar-refractivity contribution in [2.75, 3.05) is 18.0 Å². The standard InChI is InChI=1S/C22H28N2/c1-3-4-7-19-8-11-21(12-9-19)23-17-20-10-13-22(16-18(20)2)24-14-5-6-15-24/h8-13,16-17H,3-7,14-15H2,1-2H3. The van der Waals surface area contributed by atoms with Crippen LogP contribution in [0.4, 0.5) is 11.4 Å². The van der Waals surface area contributed by atoms with Gasteiger partial charge in [0.2, 0.25) is 0 Å². The SMILES string of the molecule is CCCCc1ccc(N=Cc2ccc(N3CCCC3)cc2C)cc1. The summed E-state index contributed by atoms with van der Waals surface area (Å²) in [5.41, 5.74) is 6.28. The Bertz CT molecular complexity index is 680. The summed E-state index contributed by atoms with van der Waals surface area (Å²) in [5, 5.41) is 0. The number of nitrogens with zero attached hydrogens (tertiary/aromatic N) is 2. The predicted molar refractivity (Wildman–Crippen MR) is 105 cm³/mol. The van der Waals surface area contributed by atoms with Crippen LogP contribution in [0, 0.1) is 6.92 Å². The quantitative estimate of drug-likeness (QED) is 0.624. The van der Waals surface area contributed by atoms with Crippen molar-refractivity contribution in [1.82, 2.24) is 0 Å². The van der Waals surface area contributed by atoms with Crippen molar-refractivity contribution < 1.29 is 0 Å². The van der Waals surface area contributed by atoms with Gasteiger partial charge in [0, 0.05) is 25.0 Å². The minimum absolute atomic E-state index is 1.03. The molecule has 0 atom stereocenters. The second-order valence-corrected chi connectivity index (χ2v) is 6.76. The van der Waals surface area contributed by atoms with Crippen LogP contribution in [0.25, 0.3) is 0 Å². The summed E-state index contributed by atoms with van der Waals surface area (Å²) in [6.07, 6.45) is 8.28. The molecule has 1 aliphatic heterocycles. The summed E-state index contributed by atoms with van der Waals surface area (Å²) >= 11 is 0. The van der Waals surface area contributed by atoms with Crippen LogP contribution in [0.2, 0.25) is 0 Å². The summed E-state index contributed by atoms with van der Waals surface area (Å²) < 4.78 is 0. The van der Waals surface area contributed by atoms with Gasteiger partial charge in [-0.15, -0.1) is 0 Å². The lowest BCUT2D eigenvalue weighted by molar-refractivity contribution is 0.795. The molecule has 0 unspecified atom stereocenters. The molecule has 0 spiro atoms. The number of aliphatic imine (C=N–C) groups is 1. The van der Waals surface area contributed by atoms with Gasteiger partial charge in [0.05, 0.1) is 5.69 Å². The van der Waals surface area contributed by atoms with Gasteiger partial charge >= 0.3 is 0 Å². The molecule has 1 fully saturated rings. The average molecular weight is 320 g/mol. The molecule has 0 N–H and O–H groups in total. The third-order valence-electron chi connectivity index (χ3n) is 4.83. The van der Waals surface area contributed by atoms with Gasteiger partial charge < -0.3 is 4.90 Å². The Morgan fingerprint density at radius 3 is 2.46 bits per heavy atom. The zero-order chi connectivity index (χ0) is 16.8. The zero-order valence-corrected chi connectivity index (χ0v) is 15.0. The zero-order valence-electron chi connectivity index (χ0n) is 15.0. The molecule has 1 heterocycles. The van der Waals surface area contributed by atoms with E-state index in [0.29, 0.717) is 0 Å². The highest BCUT2D eigenvalue weighted by Crippen LogP contribution is 2.23. The summed E-state index contributed by atoms with van der Waals surface area (Å²) in [7, 11) is 0. The maximum Gasteiger partial charge on any atom is 0.0630 e. The van der Waals surface area contributed by atoms with Crippen molar-refractivity contribution in [3.63, 3.8) is 0 Å². The third-order valence-corrected chi connectivity index (χ3v) is 4.83. The second-order valence-electron chi connectivity index (χ2n) is 6.76. The molecule has 0 saturated carbocycles. The fourth-order valence-corrected chi connectivity index (χ4v) is 3.25. The van der Waals surface area contributed by atoms with Crippen LogP contribution < -0.4 is 4.90 Å². The third kappa shape index (κ3) is 4.25. The molecule has 0 bridgehead atoms. The normalized spacial score (nSPS) is 14.7. The van der Waals surface area contributed by atoms with Gasteiger partial charge in [-0.3, -0.25) is 4.99 Å². The van der Waals surface area contributed by atoms with Crippen molar-refractivity contribution in [3.05, 3.63) is 59.2 Å². The first-order chi connectivity index (χ1) is 11.8. The van der Waals surface area contributed by atoms with Gasteiger partial charge in [-0.25, -0.2) is 0 Å². The lowest BCUT2D eigenvalue weighted by Gasteiger charge is -2.18. The Balaban J connectivity index is 1.67. The van der Waals surface area contributed by atoms with E-state index in [1.807, 2.05) is 6.21 Å². The molecule has 2 heteroatoms. The lowest BCUT2D eigenvalue weighted by Crippen LogP contribution is -2.17. The average Bonchev–Trinajstić information content (AvgIpc) is 3.14. The molecule has 1 saturated heterocycles. The molecule has 0 radical (unpaired) electrons. The summed E-state index contributed by atoms with van der Waals surface area (Å²) in [6, 6.07) is 15.4. The highest BCUT2D eigenvalue weighted by molar-refractivity contribution is 5.84. The topological polar surface area (TPSA) is 15.6 Å². The van der Waals surface area contributed by atoms with Crippen LogP contribution in [0.3, 0.4) is 0 Å². The van der Waals surface area contributed by atoms with Crippen molar-refractivity contribution in [3.8, 4) is 0 Å². The van der Waals surface area contributed by atoms with E-state index >= 15 is 0 Å². The minimum Gasteiger partial charge on any atom is -0.372 e. The van der Waals surface area contributed by atoms with Gasteiger partial charge in [-0.05, 0) is 73.6 Å². The predicted octanol–water partition coefficient (Wildman–Crippen LogP) is 5.69. The van der Waals surface area contributed by atoms with Gasteiger partial charge in [-0.1, -0.05) is 31.5 Å². The lowest BCUT2D eigenvalue weighted by atomic mass is 10.1. The molecule has 2 nitrogen and oxygen atoms in total. The molecule has 3 rings (SSSR count). The Hall–Kier alpha value is -2.09. The monoisotopic (exact) mass is 320 g/mol. The number of hydrogen-bond donors (Lipinski definition) is 0. The molecule has 24 heavy (non-hydrogen) atoms. The molecular weight excluding hydrogens is 292 g/mol. The minimum atomic E-state index is 1.03. The maximum absolute atomic E-state index is 4.65. The van der Waals surface area contributed by atoms with E-state index in [9.17, 15) is 0 Å². The second kappa shape index (κ2) is 8.14.